The number of nitrogens with one attached hydrogen (secondary N) is 2. The Morgan fingerprint density at radius 2 is 2.36 bits per heavy atom. The van der Waals surface area contributed by atoms with E-state index in [0.29, 0.717) is 25.3 Å². The van der Waals surface area contributed by atoms with E-state index in [0.717, 1.165) is 12.2 Å². The number of anilines is 2. The monoisotopic (exact) mass is 390 g/mol. The summed E-state index contributed by atoms with van der Waals surface area (Å²) < 4.78 is 21.5. The number of cyclic esters (lactones) is 1. The van der Waals surface area contributed by atoms with Crippen molar-refractivity contribution in [2.45, 2.75) is 12.6 Å². The molecule has 28 heavy (non-hydrogen) atoms. The molecule has 0 aliphatic carbocycles. The number of hydrogen-bond donors (Lipinski definition) is 3. The van der Waals surface area contributed by atoms with Crippen molar-refractivity contribution < 1.29 is 19.0 Å². The van der Waals surface area contributed by atoms with Gasteiger partial charge in [0, 0.05) is 32.5 Å². The highest BCUT2D eigenvalue weighted by Gasteiger charge is 2.32. The molecule has 1 amide bonds. The number of imidazole rings is 1. The Hall–Kier alpha value is -2.98. The van der Waals surface area contributed by atoms with Crippen LogP contribution in [0.25, 0.3) is 0 Å². The quantitative estimate of drug-likeness (QED) is 0.336. The SMILES string of the molecule is Cn1ccnc1CNCCN(C=N)c1ccc(N2CC(CO)OC2=O)cc1F. The highest BCUT2D eigenvalue weighted by Crippen LogP contribution is 2.27. The molecule has 0 bridgehead atoms. The molecule has 1 fully saturated rings. The molecule has 1 aromatic heterocycles. The Morgan fingerprint density at radius 1 is 1.54 bits per heavy atom. The van der Waals surface area contributed by atoms with E-state index >= 15 is 0 Å². The van der Waals surface area contributed by atoms with Gasteiger partial charge in [0.15, 0.2) is 0 Å². The first-order valence-corrected chi connectivity index (χ1v) is 8.86. The lowest BCUT2D eigenvalue weighted by molar-refractivity contribution is 0.0963. The zero-order chi connectivity index (χ0) is 20.1. The Balaban J connectivity index is 1.60. The zero-order valence-electron chi connectivity index (χ0n) is 15.5. The van der Waals surface area contributed by atoms with Crippen LogP contribution in [0, 0.1) is 11.2 Å². The van der Waals surface area contributed by atoms with Crippen LogP contribution >= 0.6 is 0 Å². The van der Waals surface area contributed by atoms with Crippen LogP contribution in [0.5, 0.6) is 0 Å². The van der Waals surface area contributed by atoms with Crippen molar-refractivity contribution >= 4 is 23.8 Å². The van der Waals surface area contributed by atoms with Crippen LogP contribution in [0.1, 0.15) is 5.82 Å². The molecule has 10 heteroatoms. The van der Waals surface area contributed by atoms with Crippen molar-refractivity contribution in [3.63, 3.8) is 0 Å². The molecule has 1 aliphatic rings. The van der Waals surface area contributed by atoms with Crippen LogP contribution in [0.15, 0.2) is 30.6 Å². The number of benzene rings is 1. The van der Waals surface area contributed by atoms with E-state index in [1.165, 1.54) is 21.9 Å². The number of ether oxygens (including phenoxy) is 1. The van der Waals surface area contributed by atoms with Crippen LogP contribution in [0.3, 0.4) is 0 Å². The Bertz CT molecular complexity index is 842. The minimum absolute atomic E-state index is 0.166. The molecule has 1 aliphatic heterocycles. The van der Waals surface area contributed by atoms with Gasteiger partial charge in [-0.1, -0.05) is 0 Å². The zero-order valence-corrected chi connectivity index (χ0v) is 15.5. The predicted octanol–water partition coefficient (Wildman–Crippen LogP) is 1.08. The number of halogens is 1. The van der Waals surface area contributed by atoms with E-state index in [2.05, 4.69) is 10.3 Å². The van der Waals surface area contributed by atoms with Gasteiger partial charge in [-0.15, -0.1) is 0 Å². The van der Waals surface area contributed by atoms with Gasteiger partial charge in [0.1, 0.15) is 17.7 Å². The van der Waals surface area contributed by atoms with Crippen LogP contribution < -0.4 is 15.1 Å². The fourth-order valence-corrected chi connectivity index (χ4v) is 2.95. The first-order chi connectivity index (χ1) is 13.5. The summed E-state index contributed by atoms with van der Waals surface area (Å²) in [6, 6.07) is 4.35. The highest BCUT2D eigenvalue weighted by molar-refractivity contribution is 5.90. The Labute approximate surface area is 161 Å². The summed E-state index contributed by atoms with van der Waals surface area (Å²) in [4.78, 5) is 18.8. The molecule has 2 aromatic rings. The number of carbonyl (C=O) groups is 1. The molecule has 1 saturated heterocycles. The van der Waals surface area contributed by atoms with Crippen LogP contribution in [0.2, 0.25) is 0 Å². The molecule has 1 aromatic carbocycles. The maximum atomic E-state index is 14.6. The van der Waals surface area contributed by atoms with Crippen LogP contribution in [0.4, 0.5) is 20.6 Å². The molecule has 1 unspecified atom stereocenters. The second kappa shape index (κ2) is 8.81. The molecule has 3 N–H and O–H groups in total. The van der Waals surface area contributed by atoms with E-state index in [-0.39, 0.29) is 18.8 Å². The molecule has 0 saturated carbocycles. The number of hydrogen-bond acceptors (Lipinski definition) is 6. The molecular weight excluding hydrogens is 367 g/mol. The van der Waals surface area contributed by atoms with Gasteiger partial charge in [0.05, 0.1) is 37.4 Å². The number of aryl methyl sites for hydroxylation is 1. The van der Waals surface area contributed by atoms with Crippen molar-refractivity contribution in [3.8, 4) is 0 Å². The molecule has 0 spiro atoms. The lowest BCUT2D eigenvalue weighted by Gasteiger charge is -2.21. The van der Waals surface area contributed by atoms with E-state index in [9.17, 15) is 9.18 Å². The van der Waals surface area contributed by atoms with Crippen molar-refractivity contribution in [1.82, 2.24) is 14.9 Å². The number of rotatable bonds is 9. The van der Waals surface area contributed by atoms with E-state index in [4.69, 9.17) is 15.3 Å². The molecule has 1 atom stereocenters. The summed E-state index contributed by atoms with van der Waals surface area (Å²) in [6.07, 6.45) is 3.41. The van der Waals surface area contributed by atoms with E-state index in [1.807, 2.05) is 17.8 Å². The first kappa shape index (κ1) is 19.8. The molecule has 150 valence electrons. The van der Waals surface area contributed by atoms with Gasteiger partial charge in [-0.05, 0) is 18.2 Å². The summed E-state index contributed by atoms with van der Waals surface area (Å²) in [6.45, 7) is 1.37. The third-order valence-corrected chi connectivity index (χ3v) is 4.52. The molecule has 9 nitrogen and oxygen atoms in total. The number of carbonyl (C=O) groups excluding carboxylic acids is 1. The fraction of sp³-hybridized carbons (Fsp3) is 0.389. The standard InChI is InChI=1S/C18H23FN6O3/c1-23-6-5-22-17(23)9-21-4-7-24(12-20)16-3-2-13(8-15(16)19)25-10-14(11-26)28-18(25)27/h2-3,5-6,8,12,14,20-21,26H,4,7,9-11H2,1H3. The van der Waals surface area contributed by atoms with Gasteiger partial charge in [0.2, 0.25) is 0 Å². The number of aromatic nitrogens is 2. The fourth-order valence-electron chi connectivity index (χ4n) is 2.95. The van der Waals surface area contributed by atoms with Crippen molar-refractivity contribution in [2.24, 2.45) is 7.05 Å². The highest BCUT2D eigenvalue weighted by atomic mass is 19.1. The van der Waals surface area contributed by atoms with Crippen LogP contribution in [-0.4, -0.2) is 59.4 Å². The van der Waals surface area contributed by atoms with Gasteiger partial charge in [-0.2, -0.15) is 0 Å². The third-order valence-electron chi connectivity index (χ3n) is 4.52. The van der Waals surface area contributed by atoms with Gasteiger partial charge in [0.25, 0.3) is 0 Å². The predicted molar refractivity (Wildman–Crippen MR) is 102 cm³/mol. The summed E-state index contributed by atoms with van der Waals surface area (Å²) in [5, 5.41) is 19.9. The minimum Gasteiger partial charge on any atom is -0.441 e. The van der Waals surface area contributed by atoms with Gasteiger partial charge in [-0.3, -0.25) is 10.3 Å². The number of aliphatic hydroxyl groups is 1. The number of nitrogens with zero attached hydrogens (tertiary/aromatic N) is 4. The van der Waals surface area contributed by atoms with Crippen molar-refractivity contribution in [1.29, 1.82) is 5.41 Å². The lowest BCUT2D eigenvalue weighted by atomic mass is 10.2. The van der Waals surface area contributed by atoms with E-state index < -0.39 is 18.0 Å². The van der Waals surface area contributed by atoms with Gasteiger partial charge >= 0.3 is 6.09 Å². The molecule has 0 radical (unpaired) electrons. The first-order valence-electron chi connectivity index (χ1n) is 8.86. The Morgan fingerprint density at radius 3 is 2.96 bits per heavy atom. The molecule has 2 heterocycles. The second-order valence-electron chi connectivity index (χ2n) is 6.39. The topological polar surface area (TPSA) is 107 Å². The van der Waals surface area contributed by atoms with Crippen LogP contribution in [-0.2, 0) is 18.3 Å². The van der Waals surface area contributed by atoms with Gasteiger partial charge in [-0.25, -0.2) is 14.2 Å². The minimum atomic E-state index is -0.617. The normalized spacial score (nSPS) is 16.3. The summed E-state index contributed by atoms with van der Waals surface area (Å²) in [7, 11) is 1.91. The summed E-state index contributed by atoms with van der Waals surface area (Å²) in [5.41, 5.74) is 0.587. The second-order valence-corrected chi connectivity index (χ2v) is 6.39. The van der Waals surface area contributed by atoms with Crippen molar-refractivity contribution in [3.05, 3.63) is 42.2 Å². The average Bonchev–Trinajstić information content (AvgIpc) is 3.27. The molecular formula is C18H23FN6O3. The lowest BCUT2D eigenvalue weighted by Crippen LogP contribution is -2.32. The maximum absolute atomic E-state index is 14.6. The molecule has 3 rings (SSSR count). The summed E-state index contributed by atoms with van der Waals surface area (Å²) >= 11 is 0. The maximum Gasteiger partial charge on any atom is 0.414 e. The average molecular weight is 390 g/mol. The van der Waals surface area contributed by atoms with Crippen molar-refractivity contribution in [2.75, 3.05) is 36.0 Å². The number of aliphatic hydroxyl groups excluding tert-OH is 1. The third kappa shape index (κ3) is 4.29. The van der Waals surface area contributed by atoms with E-state index in [1.54, 1.807) is 12.3 Å². The summed E-state index contributed by atoms with van der Waals surface area (Å²) in [5.74, 6) is 0.334. The smallest absolute Gasteiger partial charge is 0.414 e. The van der Waals surface area contributed by atoms with Gasteiger partial charge < -0.3 is 24.6 Å². The Kier molecular flexibility index (Phi) is 6.22. The largest absolute Gasteiger partial charge is 0.441 e. The number of amides is 1.